The largest absolute Gasteiger partial charge is 0.383 e. The van der Waals surface area contributed by atoms with Gasteiger partial charge in [-0.1, -0.05) is 24.1 Å². The van der Waals surface area contributed by atoms with E-state index in [1.165, 1.54) is 37.7 Å². The Hall–Kier alpha value is -1.88. The maximum absolute atomic E-state index is 8.03. The van der Waals surface area contributed by atoms with E-state index < -0.39 is 0 Å². The van der Waals surface area contributed by atoms with Crippen LogP contribution in [0.15, 0.2) is 22.8 Å². The van der Waals surface area contributed by atoms with Crippen LogP contribution >= 0.6 is 0 Å². The van der Waals surface area contributed by atoms with Crippen molar-refractivity contribution in [1.29, 1.82) is 5.41 Å². The molecule has 3 rings (SSSR count). The van der Waals surface area contributed by atoms with Gasteiger partial charge in [0.25, 0.3) is 0 Å². The second-order valence-corrected chi connectivity index (χ2v) is 8.04. The SMILES string of the molecule is CCC1CC2=C(C=C1Cc1nc(C(C)=N)c(N)n1CCCCNC)CCC2. The fourth-order valence-corrected chi connectivity index (χ4v) is 4.54. The van der Waals surface area contributed by atoms with Gasteiger partial charge in [0.05, 0.1) is 5.71 Å². The zero-order chi connectivity index (χ0) is 19.4. The van der Waals surface area contributed by atoms with Gasteiger partial charge >= 0.3 is 0 Å². The molecule has 1 aromatic heterocycles. The molecule has 1 unspecified atom stereocenters. The van der Waals surface area contributed by atoms with Crippen LogP contribution in [-0.4, -0.2) is 28.9 Å². The number of nitrogens with zero attached hydrogens (tertiary/aromatic N) is 2. The first kappa shape index (κ1) is 19.9. The molecule has 148 valence electrons. The van der Waals surface area contributed by atoms with Crippen molar-refractivity contribution >= 4 is 11.5 Å². The van der Waals surface area contributed by atoms with E-state index in [9.17, 15) is 0 Å². The molecule has 0 aliphatic heterocycles. The van der Waals surface area contributed by atoms with Crippen LogP contribution in [0.5, 0.6) is 0 Å². The maximum atomic E-state index is 8.03. The molecule has 0 fully saturated rings. The Balaban J connectivity index is 1.86. The van der Waals surface area contributed by atoms with Gasteiger partial charge in [-0.3, -0.25) is 0 Å². The van der Waals surface area contributed by atoms with Gasteiger partial charge in [-0.25, -0.2) is 4.98 Å². The molecule has 0 spiro atoms. The van der Waals surface area contributed by atoms with Gasteiger partial charge in [-0.2, -0.15) is 0 Å². The minimum absolute atomic E-state index is 0.452. The fourth-order valence-electron chi connectivity index (χ4n) is 4.54. The molecule has 0 aromatic carbocycles. The summed E-state index contributed by atoms with van der Waals surface area (Å²) in [6, 6.07) is 0. The topological polar surface area (TPSA) is 79.7 Å². The third-order valence-corrected chi connectivity index (χ3v) is 6.11. The Bertz CT molecular complexity index is 753. The zero-order valence-electron chi connectivity index (χ0n) is 17.2. The normalized spacial score (nSPS) is 19.4. The summed E-state index contributed by atoms with van der Waals surface area (Å²) < 4.78 is 2.16. The number of hydrogen-bond acceptors (Lipinski definition) is 4. The second kappa shape index (κ2) is 8.87. The summed E-state index contributed by atoms with van der Waals surface area (Å²) in [5.41, 5.74) is 12.3. The van der Waals surface area contributed by atoms with Crippen LogP contribution in [-0.2, 0) is 13.0 Å². The van der Waals surface area contributed by atoms with Gasteiger partial charge in [0.2, 0.25) is 0 Å². The molecule has 2 aliphatic rings. The van der Waals surface area contributed by atoms with Crippen LogP contribution in [0.3, 0.4) is 0 Å². The number of allylic oxidation sites excluding steroid dienone is 4. The van der Waals surface area contributed by atoms with Gasteiger partial charge in [0, 0.05) is 13.0 Å². The van der Waals surface area contributed by atoms with Crippen molar-refractivity contribution in [2.75, 3.05) is 19.3 Å². The van der Waals surface area contributed by atoms with E-state index >= 15 is 0 Å². The van der Waals surface area contributed by atoms with Gasteiger partial charge in [-0.05, 0) is 77.0 Å². The van der Waals surface area contributed by atoms with E-state index in [1.54, 1.807) is 18.1 Å². The van der Waals surface area contributed by atoms with Crippen LogP contribution in [0.25, 0.3) is 0 Å². The van der Waals surface area contributed by atoms with Crippen LogP contribution in [0.1, 0.15) is 70.3 Å². The van der Waals surface area contributed by atoms with Crippen LogP contribution < -0.4 is 11.1 Å². The van der Waals surface area contributed by atoms with Crippen molar-refractivity contribution < 1.29 is 0 Å². The van der Waals surface area contributed by atoms with Crippen molar-refractivity contribution in [1.82, 2.24) is 14.9 Å². The molecular weight excluding hydrogens is 334 g/mol. The Morgan fingerprint density at radius 1 is 1.37 bits per heavy atom. The summed E-state index contributed by atoms with van der Waals surface area (Å²) in [5.74, 6) is 2.32. The lowest BCUT2D eigenvalue weighted by Crippen LogP contribution is -2.15. The van der Waals surface area contributed by atoms with Crippen molar-refractivity contribution in [2.45, 2.75) is 71.8 Å². The molecule has 4 N–H and O–H groups in total. The third-order valence-electron chi connectivity index (χ3n) is 6.11. The van der Waals surface area contributed by atoms with Crippen molar-refractivity contribution in [3.8, 4) is 0 Å². The summed E-state index contributed by atoms with van der Waals surface area (Å²) in [6.45, 7) is 5.96. The van der Waals surface area contributed by atoms with E-state index in [2.05, 4.69) is 22.9 Å². The van der Waals surface area contributed by atoms with E-state index in [0.717, 1.165) is 38.2 Å². The number of aromatic nitrogens is 2. The minimum Gasteiger partial charge on any atom is -0.383 e. The van der Waals surface area contributed by atoms with Gasteiger partial charge in [0.15, 0.2) is 0 Å². The molecule has 1 aromatic rings. The Morgan fingerprint density at radius 2 is 2.19 bits per heavy atom. The highest BCUT2D eigenvalue weighted by molar-refractivity contribution is 5.98. The summed E-state index contributed by atoms with van der Waals surface area (Å²) >= 11 is 0. The monoisotopic (exact) mass is 369 g/mol. The lowest BCUT2D eigenvalue weighted by atomic mass is 9.81. The average molecular weight is 370 g/mol. The van der Waals surface area contributed by atoms with Crippen LogP contribution in [0, 0.1) is 11.3 Å². The molecule has 2 aliphatic carbocycles. The molecule has 1 heterocycles. The zero-order valence-corrected chi connectivity index (χ0v) is 17.2. The highest BCUT2D eigenvalue weighted by Gasteiger charge is 2.26. The predicted molar refractivity (Wildman–Crippen MR) is 113 cm³/mol. The first-order chi connectivity index (χ1) is 13.0. The molecule has 0 saturated carbocycles. The molecule has 5 heteroatoms. The quantitative estimate of drug-likeness (QED) is 0.450. The predicted octanol–water partition coefficient (Wildman–Crippen LogP) is 4.23. The highest BCUT2D eigenvalue weighted by Crippen LogP contribution is 2.40. The average Bonchev–Trinajstić information content (AvgIpc) is 3.22. The van der Waals surface area contributed by atoms with Crippen molar-refractivity contribution in [3.63, 3.8) is 0 Å². The summed E-state index contributed by atoms with van der Waals surface area (Å²) in [6.07, 6.45) is 11.8. The smallest absolute Gasteiger partial charge is 0.132 e. The Kier molecular flexibility index (Phi) is 6.53. The molecule has 27 heavy (non-hydrogen) atoms. The number of nitrogen functional groups attached to an aromatic ring is 1. The summed E-state index contributed by atoms with van der Waals surface area (Å²) in [4.78, 5) is 4.80. The van der Waals surface area contributed by atoms with E-state index in [1.807, 2.05) is 7.05 Å². The Labute approximate surface area is 163 Å². The number of anilines is 1. The van der Waals surface area contributed by atoms with E-state index in [-0.39, 0.29) is 0 Å². The van der Waals surface area contributed by atoms with Crippen LogP contribution in [0.2, 0.25) is 0 Å². The molecule has 0 saturated heterocycles. The summed E-state index contributed by atoms with van der Waals surface area (Å²) in [5, 5.41) is 11.2. The first-order valence-corrected chi connectivity index (χ1v) is 10.5. The van der Waals surface area contributed by atoms with E-state index in [4.69, 9.17) is 16.1 Å². The van der Waals surface area contributed by atoms with Crippen molar-refractivity contribution in [3.05, 3.63) is 34.3 Å². The number of hydrogen-bond donors (Lipinski definition) is 3. The molecule has 0 radical (unpaired) electrons. The molecule has 0 bridgehead atoms. The first-order valence-electron chi connectivity index (χ1n) is 10.5. The lowest BCUT2D eigenvalue weighted by molar-refractivity contribution is 0.539. The summed E-state index contributed by atoms with van der Waals surface area (Å²) in [7, 11) is 1.99. The number of imidazole rings is 1. The van der Waals surface area contributed by atoms with Crippen molar-refractivity contribution in [2.24, 2.45) is 5.92 Å². The molecule has 1 atom stereocenters. The van der Waals surface area contributed by atoms with Gasteiger partial charge in [0.1, 0.15) is 17.3 Å². The maximum Gasteiger partial charge on any atom is 0.132 e. The second-order valence-electron chi connectivity index (χ2n) is 8.04. The molecule has 5 nitrogen and oxygen atoms in total. The highest BCUT2D eigenvalue weighted by atomic mass is 15.1. The minimum atomic E-state index is 0.452. The molecular formula is C22H35N5. The number of rotatable bonds is 9. The van der Waals surface area contributed by atoms with Crippen LogP contribution in [0.4, 0.5) is 5.82 Å². The fraction of sp³-hybridized carbons (Fsp3) is 0.636. The molecule has 0 amide bonds. The lowest BCUT2D eigenvalue weighted by Gasteiger charge is -2.25. The van der Waals surface area contributed by atoms with Gasteiger partial charge < -0.3 is 21.0 Å². The number of unbranched alkanes of at least 4 members (excludes halogenated alkanes) is 1. The standard InChI is InChI=1S/C22H35N5/c1-4-16-12-17-8-7-9-18(17)13-19(16)14-20-26-21(15(2)23)22(24)27(20)11-6-5-10-25-3/h13,16,23,25H,4-12,14,24H2,1-3H3. The van der Waals surface area contributed by atoms with Gasteiger partial charge in [-0.15, -0.1) is 0 Å². The Morgan fingerprint density at radius 3 is 2.89 bits per heavy atom. The third kappa shape index (κ3) is 4.34. The number of nitrogens with one attached hydrogen (secondary N) is 2. The number of nitrogens with two attached hydrogens (primary N) is 1. The van der Waals surface area contributed by atoms with E-state index in [0.29, 0.717) is 23.1 Å².